The van der Waals surface area contributed by atoms with Gasteiger partial charge in [-0.05, 0) is 37.8 Å². The zero-order valence-electron chi connectivity index (χ0n) is 12.2. The molecule has 1 amide bonds. The highest BCUT2D eigenvalue weighted by atomic mass is 32.1. The summed E-state index contributed by atoms with van der Waals surface area (Å²) in [5.41, 5.74) is 0.676. The standard InChI is InChI=1S/C15H18N4O2S/c20-14(11-1-7-21-18-11)19(10-13-17-6-8-22-13)12-9-15(12)2-4-16-5-3-15/h1,6-8,12,16H,2-5,9-10H2. The molecule has 2 aromatic heterocycles. The molecule has 1 spiro atoms. The van der Waals surface area contributed by atoms with Crippen molar-refractivity contribution in [3.05, 3.63) is 34.6 Å². The van der Waals surface area contributed by atoms with Crippen LogP contribution < -0.4 is 5.32 Å². The largest absolute Gasteiger partial charge is 0.364 e. The molecular weight excluding hydrogens is 300 g/mol. The SMILES string of the molecule is O=C(c1ccon1)N(Cc1nccs1)C1CC12CCNCC2. The van der Waals surface area contributed by atoms with Crippen LogP contribution in [0.5, 0.6) is 0 Å². The molecule has 3 heterocycles. The minimum Gasteiger partial charge on any atom is -0.364 e. The lowest BCUT2D eigenvalue weighted by atomic mass is 9.93. The number of rotatable bonds is 4. The molecular formula is C15H18N4O2S. The number of hydrogen-bond donors (Lipinski definition) is 1. The van der Waals surface area contributed by atoms with Crippen LogP contribution in [0.2, 0.25) is 0 Å². The lowest BCUT2D eigenvalue weighted by Crippen LogP contribution is -2.39. The van der Waals surface area contributed by atoms with E-state index in [1.54, 1.807) is 23.6 Å². The zero-order chi connectivity index (χ0) is 15.0. The molecule has 1 aliphatic carbocycles. The van der Waals surface area contributed by atoms with Crippen LogP contribution in [-0.4, -0.2) is 40.1 Å². The van der Waals surface area contributed by atoms with Crippen LogP contribution in [0.4, 0.5) is 0 Å². The Bertz CT molecular complexity index is 635. The molecule has 2 fully saturated rings. The number of amides is 1. The highest BCUT2D eigenvalue weighted by Gasteiger charge is 2.58. The van der Waals surface area contributed by atoms with Gasteiger partial charge in [-0.1, -0.05) is 5.16 Å². The molecule has 0 radical (unpaired) electrons. The summed E-state index contributed by atoms with van der Waals surface area (Å²) in [6.07, 6.45) is 6.59. The summed E-state index contributed by atoms with van der Waals surface area (Å²) in [6, 6.07) is 1.93. The van der Waals surface area contributed by atoms with E-state index in [1.807, 2.05) is 10.3 Å². The lowest BCUT2D eigenvalue weighted by molar-refractivity contribution is 0.0681. The second-order valence-corrected chi connectivity index (χ2v) is 7.05. The van der Waals surface area contributed by atoms with Crippen molar-refractivity contribution in [3.8, 4) is 0 Å². The Balaban J connectivity index is 1.57. The molecule has 22 heavy (non-hydrogen) atoms. The predicted octanol–water partition coefficient (Wildman–Crippen LogP) is 1.92. The number of nitrogens with zero attached hydrogens (tertiary/aromatic N) is 3. The summed E-state index contributed by atoms with van der Waals surface area (Å²) in [4.78, 5) is 19.1. The van der Waals surface area contributed by atoms with Crippen molar-refractivity contribution in [2.75, 3.05) is 13.1 Å². The van der Waals surface area contributed by atoms with Crippen LogP contribution in [0, 0.1) is 5.41 Å². The Labute approximate surface area is 132 Å². The average Bonchev–Trinajstić information content (AvgIpc) is 3.02. The molecule has 1 aliphatic heterocycles. The summed E-state index contributed by atoms with van der Waals surface area (Å²) in [5.74, 6) is -0.0515. The van der Waals surface area contributed by atoms with Crippen molar-refractivity contribution >= 4 is 17.2 Å². The summed E-state index contributed by atoms with van der Waals surface area (Å²) in [6.45, 7) is 2.64. The zero-order valence-corrected chi connectivity index (χ0v) is 13.0. The number of nitrogens with one attached hydrogen (secondary N) is 1. The van der Waals surface area contributed by atoms with E-state index in [2.05, 4.69) is 15.5 Å². The topological polar surface area (TPSA) is 71.3 Å². The maximum absolute atomic E-state index is 12.8. The van der Waals surface area contributed by atoms with E-state index in [9.17, 15) is 4.79 Å². The quantitative estimate of drug-likeness (QED) is 0.932. The Kier molecular flexibility index (Phi) is 3.46. The first-order valence-electron chi connectivity index (χ1n) is 7.59. The molecule has 1 atom stereocenters. The molecule has 2 aromatic rings. The van der Waals surface area contributed by atoms with Gasteiger partial charge >= 0.3 is 0 Å². The van der Waals surface area contributed by atoms with Crippen LogP contribution >= 0.6 is 11.3 Å². The third kappa shape index (κ3) is 2.44. The summed E-state index contributed by atoms with van der Waals surface area (Å²) < 4.78 is 4.84. The second-order valence-electron chi connectivity index (χ2n) is 6.08. The highest BCUT2D eigenvalue weighted by Crippen LogP contribution is 2.56. The molecule has 1 saturated carbocycles. The first kappa shape index (κ1) is 13.9. The number of aromatic nitrogens is 2. The first-order chi connectivity index (χ1) is 10.8. The fourth-order valence-electron chi connectivity index (χ4n) is 3.50. The van der Waals surface area contributed by atoms with Crippen LogP contribution in [-0.2, 0) is 6.54 Å². The fourth-order valence-corrected chi connectivity index (χ4v) is 4.11. The maximum atomic E-state index is 12.8. The van der Waals surface area contributed by atoms with Crippen molar-refractivity contribution in [2.24, 2.45) is 5.41 Å². The van der Waals surface area contributed by atoms with E-state index in [4.69, 9.17) is 4.52 Å². The Morgan fingerprint density at radius 1 is 1.50 bits per heavy atom. The summed E-state index contributed by atoms with van der Waals surface area (Å²) in [7, 11) is 0. The predicted molar refractivity (Wildman–Crippen MR) is 81.4 cm³/mol. The summed E-state index contributed by atoms with van der Waals surface area (Å²) >= 11 is 1.58. The molecule has 4 rings (SSSR count). The monoisotopic (exact) mass is 318 g/mol. The smallest absolute Gasteiger partial charge is 0.276 e. The number of carbonyl (C=O) groups excluding carboxylic acids is 1. The summed E-state index contributed by atoms with van der Waals surface area (Å²) in [5, 5.41) is 10.1. The van der Waals surface area contributed by atoms with E-state index >= 15 is 0 Å². The minimum atomic E-state index is -0.0515. The van der Waals surface area contributed by atoms with Gasteiger partial charge < -0.3 is 14.7 Å². The molecule has 0 bridgehead atoms. The van der Waals surface area contributed by atoms with E-state index < -0.39 is 0 Å². The normalized spacial score (nSPS) is 22.6. The van der Waals surface area contributed by atoms with Crippen LogP contribution in [0.25, 0.3) is 0 Å². The van der Waals surface area contributed by atoms with E-state index in [0.717, 1.165) is 37.4 Å². The third-order valence-electron chi connectivity index (χ3n) is 4.83. The van der Waals surface area contributed by atoms with E-state index in [1.165, 1.54) is 6.26 Å². The van der Waals surface area contributed by atoms with Gasteiger partial charge in [-0.15, -0.1) is 11.3 Å². The van der Waals surface area contributed by atoms with Crippen molar-refractivity contribution in [2.45, 2.75) is 31.8 Å². The second kappa shape index (κ2) is 5.48. The van der Waals surface area contributed by atoms with Gasteiger partial charge in [-0.3, -0.25) is 4.79 Å². The van der Waals surface area contributed by atoms with Gasteiger partial charge in [0.15, 0.2) is 5.69 Å². The molecule has 1 N–H and O–H groups in total. The van der Waals surface area contributed by atoms with Crippen LogP contribution in [0.15, 0.2) is 28.4 Å². The molecule has 6 nitrogen and oxygen atoms in total. The van der Waals surface area contributed by atoms with Gasteiger partial charge in [-0.25, -0.2) is 4.98 Å². The van der Waals surface area contributed by atoms with Gasteiger partial charge in [0.2, 0.25) is 0 Å². The molecule has 0 aromatic carbocycles. The van der Waals surface area contributed by atoms with Gasteiger partial charge in [0.05, 0.1) is 6.54 Å². The molecule has 2 aliphatic rings. The Morgan fingerprint density at radius 3 is 3.05 bits per heavy atom. The maximum Gasteiger partial charge on any atom is 0.276 e. The number of thiazole rings is 1. The molecule has 7 heteroatoms. The molecule has 1 saturated heterocycles. The number of carbonyl (C=O) groups is 1. The van der Waals surface area contributed by atoms with Gasteiger partial charge in [0.25, 0.3) is 5.91 Å². The van der Waals surface area contributed by atoms with Crippen molar-refractivity contribution in [3.63, 3.8) is 0 Å². The minimum absolute atomic E-state index is 0.0515. The van der Waals surface area contributed by atoms with Crippen molar-refractivity contribution in [1.82, 2.24) is 20.4 Å². The fraction of sp³-hybridized carbons (Fsp3) is 0.533. The Morgan fingerprint density at radius 2 is 2.36 bits per heavy atom. The van der Waals surface area contributed by atoms with E-state index in [0.29, 0.717) is 23.7 Å². The van der Waals surface area contributed by atoms with Gasteiger partial charge in [-0.2, -0.15) is 0 Å². The number of hydrogen-bond acceptors (Lipinski definition) is 6. The van der Waals surface area contributed by atoms with Crippen molar-refractivity contribution < 1.29 is 9.32 Å². The van der Waals surface area contributed by atoms with Gasteiger partial charge in [0, 0.05) is 23.7 Å². The number of piperidine rings is 1. The van der Waals surface area contributed by atoms with E-state index in [-0.39, 0.29) is 5.91 Å². The van der Waals surface area contributed by atoms with Crippen LogP contribution in [0.1, 0.15) is 34.8 Å². The average molecular weight is 318 g/mol. The molecule has 1 unspecified atom stereocenters. The lowest BCUT2D eigenvalue weighted by Gasteiger charge is -2.28. The molecule has 116 valence electrons. The Hall–Kier alpha value is -1.73. The first-order valence-corrected chi connectivity index (χ1v) is 8.47. The van der Waals surface area contributed by atoms with Crippen LogP contribution in [0.3, 0.4) is 0 Å². The van der Waals surface area contributed by atoms with Gasteiger partial charge in [0.1, 0.15) is 11.3 Å². The van der Waals surface area contributed by atoms with Crippen molar-refractivity contribution in [1.29, 1.82) is 0 Å². The third-order valence-corrected chi connectivity index (χ3v) is 5.59. The highest BCUT2D eigenvalue weighted by molar-refractivity contribution is 7.09.